The first-order valence-corrected chi connectivity index (χ1v) is 5.03. The summed E-state index contributed by atoms with van der Waals surface area (Å²) in [6, 6.07) is 5.32. The number of nitrogens with zero attached hydrogens (tertiary/aromatic N) is 1. The van der Waals surface area contributed by atoms with Crippen LogP contribution < -0.4 is 10.2 Å². The lowest BCUT2D eigenvalue weighted by atomic mass is 10.2. The van der Waals surface area contributed by atoms with Crippen molar-refractivity contribution in [3.05, 3.63) is 24.0 Å². The van der Waals surface area contributed by atoms with Gasteiger partial charge in [0.2, 0.25) is 0 Å². The Morgan fingerprint density at radius 1 is 1.29 bits per heavy atom. The highest BCUT2D eigenvalue weighted by atomic mass is 19.1. The minimum Gasteiger partial charge on any atom is -0.388 e. The first-order chi connectivity index (χ1) is 6.81. The molecule has 76 valence electrons. The fourth-order valence-corrected chi connectivity index (χ4v) is 1.88. The molecule has 1 saturated heterocycles. The molecule has 1 aliphatic rings. The van der Waals surface area contributed by atoms with Gasteiger partial charge in [-0.3, -0.25) is 0 Å². The molecule has 1 fully saturated rings. The Balaban J connectivity index is 2.25. The second kappa shape index (κ2) is 3.86. The first kappa shape index (κ1) is 9.31. The van der Waals surface area contributed by atoms with Gasteiger partial charge in [0.05, 0.1) is 5.69 Å². The highest BCUT2D eigenvalue weighted by Crippen LogP contribution is 2.25. The van der Waals surface area contributed by atoms with Crippen LogP contribution in [-0.4, -0.2) is 20.1 Å². The number of anilines is 2. The summed E-state index contributed by atoms with van der Waals surface area (Å²) >= 11 is 0. The molecule has 0 spiro atoms. The summed E-state index contributed by atoms with van der Waals surface area (Å²) in [5.74, 6) is -0.126. The minimum atomic E-state index is -0.126. The molecule has 14 heavy (non-hydrogen) atoms. The molecule has 2 nitrogen and oxygen atoms in total. The lowest BCUT2D eigenvalue weighted by Crippen LogP contribution is -2.18. The van der Waals surface area contributed by atoms with Gasteiger partial charge in [0.1, 0.15) is 5.82 Å². The Labute approximate surface area is 83.7 Å². The van der Waals surface area contributed by atoms with E-state index in [1.165, 1.54) is 12.8 Å². The summed E-state index contributed by atoms with van der Waals surface area (Å²) < 4.78 is 13.6. The maximum atomic E-state index is 13.6. The molecular weight excluding hydrogens is 179 g/mol. The number of hydrogen-bond donors (Lipinski definition) is 1. The smallest absolute Gasteiger partial charge is 0.148 e. The largest absolute Gasteiger partial charge is 0.388 e. The van der Waals surface area contributed by atoms with Gasteiger partial charge in [-0.1, -0.05) is 0 Å². The molecule has 0 bridgehead atoms. The van der Waals surface area contributed by atoms with Crippen LogP contribution in [0.15, 0.2) is 18.2 Å². The molecule has 1 N–H and O–H groups in total. The zero-order valence-corrected chi connectivity index (χ0v) is 8.39. The van der Waals surface area contributed by atoms with Crippen LogP contribution in [0, 0.1) is 5.82 Å². The standard InChI is InChI=1S/C11H15FN2/c1-13-9-4-5-11(10(12)8-9)14-6-2-3-7-14/h4-5,8,13H,2-3,6-7H2,1H3. The molecule has 3 heteroatoms. The number of nitrogens with one attached hydrogen (secondary N) is 1. The first-order valence-electron chi connectivity index (χ1n) is 5.03. The lowest BCUT2D eigenvalue weighted by molar-refractivity contribution is 0.623. The molecule has 0 aromatic heterocycles. The van der Waals surface area contributed by atoms with Crippen LogP contribution in [0.25, 0.3) is 0 Å². The molecule has 1 aliphatic heterocycles. The van der Waals surface area contributed by atoms with Crippen molar-refractivity contribution >= 4 is 11.4 Å². The predicted molar refractivity (Wildman–Crippen MR) is 57.4 cm³/mol. The highest BCUT2D eigenvalue weighted by Gasteiger charge is 2.15. The van der Waals surface area contributed by atoms with Crippen molar-refractivity contribution in [3.63, 3.8) is 0 Å². The van der Waals surface area contributed by atoms with Crippen LogP contribution >= 0.6 is 0 Å². The molecule has 2 rings (SSSR count). The summed E-state index contributed by atoms with van der Waals surface area (Å²) in [5, 5.41) is 2.93. The molecule has 0 radical (unpaired) electrons. The van der Waals surface area contributed by atoms with E-state index >= 15 is 0 Å². The maximum absolute atomic E-state index is 13.6. The van der Waals surface area contributed by atoms with E-state index in [0.717, 1.165) is 24.5 Å². The number of benzene rings is 1. The Morgan fingerprint density at radius 3 is 2.57 bits per heavy atom. The molecule has 0 aliphatic carbocycles. The van der Waals surface area contributed by atoms with Crippen LogP contribution in [0.2, 0.25) is 0 Å². The monoisotopic (exact) mass is 194 g/mol. The van der Waals surface area contributed by atoms with Gasteiger partial charge in [-0.05, 0) is 31.0 Å². The van der Waals surface area contributed by atoms with Crippen molar-refractivity contribution in [1.82, 2.24) is 0 Å². The molecule has 0 atom stereocenters. The second-order valence-electron chi connectivity index (χ2n) is 3.61. The van der Waals surface area contributed by atoms with Crippen molar-refractivity contribution in [2.45, 2.75) is 12.8 Å². The molecule has 1 aromatic rings. The van der Waals surface area contributed by atoms with Crippen molar-refractivity contribution < 1.29 is 4.39 Å². The molecule has 1 heterocycles. The third-order valence-corrected chi connectivity index (χ3v) is 2.68. The van der Waals surface area contributed by atoms with E-state index in [-0.39, 0.29) is 5.82 Å². The van der Waals surface area contributed by atoms with Gasteiger partial charge < -0.3 is 10.2 Å². The third kappa shape index (κ3) is 1.67. The van der Waals surface area contributed by atoms with E-state index in [4.69, 9.17) is 0 Å². The van der Waals surface area contributed by atoms with Gasteiger partial charge in [-0.2, -0.15) is 0 Å². The second-order valence-corrected chi connectivity index (χ2v) is 3.61. The lowest BCUT2D eigenvalue weighted by Gasteiger charge is -2.18. The third-order valence-electron chi connectivity index (χ3n) is 2.68. The summed E-state index contributed by atoms with van der Waals surface area (Å²) in [5.41, 5.74) is 1.56. The molecular formula is C11H15FN2. The topological polar surface area (TPSA) is 15.3 Å². The van der Waals surface area contributed by atoms with Crippen LogP contribution in [-0.2, 0) is 0 Å². The quantitative estimate of drug-likeness (QED) is 0.778. The Kier molecular flexibility index (Phi) is 2.57. The van der Waals surface area contributed by atoms with Gasteiger partial charge >= 0.3 is 0 Å². The Bertz CT molecular complexity index is 319. The Hall–Kier alpha value is -1.25. The van der Waals surface area contributed by atoms with Gasteiger partial charge in [0, 0.05) is 25.8 Å². The van der Waals surface area contributed by atoms with E-state index < -0.39 is 0 Å². The van der Waals surface area contributed by atoms with E-state index in [1.54, 1.807) is 13.1 Å². The average Bonchev–Trinajstić information content (AvgIpc) is 2.70. The highest BCUT2D eigenvalue weighted by molar-refractivity contribution is 5.56. The van der Waals surface area contributed by atoms with Crippen LogP contribution in [0.1, 0.15) is 12.8 Å². The van der Waals surface area contributed by atoms with Gasteiger partial charge in [0.15, 0.2) is 0 Å². The van der Waals surface area contributed by atoms with Crippen LogP contribution in [0.4, 0.5) is 15.8 Å². The van der Waals surface area contributed by atoms with E-state index in [0.29, 0.717) is 0 Å². The SMILES string of the molecule is CNc1ccc(N2CCCC2)c(F)c1. The van der Waals surface area contributed by atoms with Gasteiger partial charge in [0.25, 0.3) is 0 Å². The van der Waals surface area contributed by atoms with Crippen molar-refractivity contribution in [3.8, 4) is 0 Å². The van der Waals surface area contributed by atoms with Crippen molar-refractivity contribution in [2.24, 2.45) is 0 Å². The minimum absolute atomic E-state index is 0.126. The molecule has 0 amide bonds. The maximum Gasteiger partial charge on any atom is 0.148 e. The van der Waals surface area contributed by atoms with Gasteiger partial charge in [-0.25, -0.2) is 4.39 Å². The van der Waals surface area contributed by atoms with E-state index in [1.807, 2.05) is 12.1 Å². The fourth-order valence-electron chi connectivity index (χ4n) is 1.88. The normalized spacial score (nSPS) is 16.0. The van der Waals surface area contributed by atoms with Gasteiger partial charge in [-0.15, -0.1) is 0 Å². The van der Waals surface area contributed by atoms with E-state index in [9.17, 15) is 4.39 Å². The predicted octanol–water partition coefficient (Wildman–Crippen LogP) is 2.47. The summed E-state index contributed by atoms with van der Waals surface area (Å²) in [4.78, 5) is 2.11. The van der Waals surface area contributed by atoms with Crippen LogP contribution in [0.3, 0.4) is 0 Å². The summed E-state index contributed by atoms with van der Waals surface area (Å²) in [6.07, 6.45) is 2.35. The molecule has 0 unspecified atom stereocenters. The summed E-state index contributed by atoms with van der Waals surface area (Å²) in [7, 11) is 1.80. The number of hydrogen-bond acceptors (Lipinski definition) is 2. The molecule has 0 saturated carbocycles. The molecule has 1 aromatic carbocycles. The zero-order chi connectivity index (χ0) is 9.97. The zero-order valence-electron chi connectivity index (χ0n) is 8.39. The van der Waals surface area contributed by atoms with Crippen molar-refractivity contribution in [2.75, 3.05) is 30.4 Å². The number of rotatable bonds is 2. The Morgan fingerprint density at radius 2 is 2.00 bits per heavy atom. The fraction of sp³-hybridized carbons (Fsp3) is 0.455. The summed E-state index contributed by atoms with van der Waals surface area (Å²) in [6.45, 7) is 1.96. The number of halogens is 1. The van der Waals surface area contributed by atoms with Crippen LogP contribution in [0.5, 0.6) is 0 Å². The van der Waals surface area contributed by atoms with E-state index in [2.05, 4.69) is 10.2 Å². The average molecular weight is 194 g/mol. The van der Waals surface area contributed by atoms with Crippen molar-refractivity contribution in [1.29, 1.82) is 0 Å².